The summed E-state index contributed by atoms with van der Waals surface area (Å²) < 4.78 is 13.1. The van der Waals surface area contributed by atoms with Crippen molar-refractivity contribution in [1.82, 2.24) is 5.32 Å². The lowest BCUT2D eigenvalue weighted by molar-refractivity contribution is -0.120. The van der Waals surface area contributed by atoms with E-state index in [2.05, 4.69) is 10.6 Å². The maximum Gasteiger partial charge on any atom is 0.226 e. The topological polar surface area (TPSA) is 58.2 Å². The first-order valence-electron chi connectivity index (χ1n) is 6.92. The van der Waals surface area contributed by atoms with Crippen LogP contribution in [0.3, 0.4) is 0 Å². The zero-order valence-corrected chi connectivity index (χ0v) is 12.2. The van der Waals surface area contributed by atoms with E-state index in [1.165, 1.54) is 25.1 Å². The number of hydrogen-bond acceptors (Lipinski definition) is 2. The summed E-state index contributed by atoms with van der Waals surface area (Å²) in [5.74, 6) is -0.931. The zero-order chi connectivity index (χ0) is 15.9. The average molecular weight is 300 g/mol. The summed E-state index contributed by atoms with van der Waals surface area (Å²) in [7, 11) is 0. The van der Waals surface area contributed by atoms with E-state index < -0.39 is 11.9 Å². The quantitative estimate of drug-likeness (QED) is 0.891. The number of carbonyl (C=O) groups excluding carboxylic acids is 2. The molecule has 2 N–H and O–H groups in total. The Morgan fingerprint density at radius 3 is 2.45 bits per heavy atom. The SMILES string of the molecule is CC(=O)N[C@@H](CC(=O)Nc1cccc(F)c1)c1ccccc1. The predicted octanol–water partition coefficient (Wildman–Crippen LogP) is 3.03. The summed E-state index contributed by atoms with van der Waals surface area (Å²) in [5.41, 5.74) is 1.23. The Hall–Kier alpha value is -2.69. The number of rotatable bonds is 5. The average Bonchev–Trinajstić information content (AvgIpc) is 2.47. The van der Waals surface area contributed by atoms with Gasteiger partial charge in [0.15, 0.2) is 0 Å². The lowest BCUT2D eigenvalue weighted by Gasteiger charge is -2.18. The number of nitrogens with one attached hydrogen (secondary N) is 2. The van der Waals surface area contributed by atoms with Crippen molar-refractivity contribution >= 4 is 17.5 Å². The molecular formula is C17H17FN2O2. The van der Waals surface area contributed by atoms with E-state index in [0.717, 1.165) is 5.56 Å². The third-order valence-corrected chi connectivity index (χ3v) is 3.08. The molecule has 2 aromatic rings. The number of carbonyl (C=O) groups is 2. The summed E-state index contributed by atoms with van der Waals surface area (Å²) in [4.78, 5) is 23.4. The van der Waals surface area contributed by atoms with Crippen molar-refractivity contribution in [2.75, 3.05) is 5.32 Å². The molecule has 22 heavy (non-hydrogen) atoms. The third kappa shape index (κ3) is 4.70. The molecule has 0 saturated carbocycles. The van der Waals surface area contributed by atoms with E-state index in [0.29, 0.717) is 5.69 Å². The van der Waals surface area contributed by atoms with Gasteiger partial charge in [-0.05, 0) is 23.8 Å². The molecule has 0 radical (unpaired) electrons. The van der Waals surface area contributed by atoms with Crippen LogP contribution in [0.25, 0.3) is 0 Å². The molecule has 2 amide bonds. The smallest absolute Gasteiger partial charge is 0.226 e. The van der Waals surface area contributed by atoms with Crippen molar-refractivity contribution in [1.29, 1.82) is 0 Å². The Balaban J connectivity index is 2.06. The minimum Gasteiger partial charge on any atom is -0.349 e. The lowest BCUT2D eigenvalue weighted by atomic mass is 10.0. The van der Waals surface area contributed by atoms with Crippen molar-refractivity contribution in [2.24, 2.45) is 0 Å². The first-order chi connectivity index (χ1) is 10.5. The van der Waals surface area contributed by atoms with E-state index in [1.54, 1.807) is 6.07 Å². The Morgan fingerprint density at radius 2 is 1.82 bits per heavy atom. The standard InChI is InChI=1S/C17H17FN2O2/c1-12(21)19-16(13-6-3-2-4-7-13)11-17(22)20-15-9-5-8-14(18)10-15/h2-10,16H,11H2,1H3,(H,19,21)(H,20,22)/t16-/m0/s1. The summed E-state index contributed by atoms with van der Waals surface area (Å²) in [6.07, 6.45) is 0.0696. The molecule has 0 fully saturated rings. The van der Waals surface area contributed by atoms with Gasteiger partial charge in [0.2, 0.25) is 11.8 Å². The lowest BCUT2D eigenvalue weighted by Crippen LogP contribution is -2.29. The molecule has 0 heterocycles. The first-order valence-corrected chi connectivity index (χ1v) is 6.92. The van der Waals surface area contributed by atoms with E-state index in [4.69, 9.17) is 0 Å². The first kappa shape index (κ1) is 15.7. The fourth-order valence-corrected chi connectivity index (χ4v) is 2.15. The van der Waals surface area contributed by atoms with Crippen LogP contribution in [-0.2, 0) is 9.59 Å². The molecule has 114 valence electrons. The molecule has 1 atom stereocenters. The van der Waals surface area contributed by atoms with Gasteiger partial charge in [0.25, 0.3) is 0 Å². The molecule has 0 unspecified atom stereocenters. The van der Waals surface area contributed by atoms with E-state index >= 15 is 0 Å². The fourth-order valence-electron chi connectivity index (χ4n) is 2.15. The molecule has 0 aliphatic carbocycles. The van der Waals surface area contributed by atoms with Crippen LogP contribution < -0.4 is 10.6 Å². The predicted molar refractivity (Wildman–Crippen MR) is 82.6 cm³/mol. The second kappa shape index (κ2) is 7.36. The Kier molecular flexibility index (Phi) is 5.25. The summed E-state index contributed by atoms with van der Waals surface area (Å²) in [5, 5.41) is 5.38. The zero-order valence-electron chi connectivity index (χ0n) is 12.2. The minimum absolute atomic E-state index is 0.0696. The molecular weight excluding hydrogens is 283 g/mol. The molecule has 0 aromatic heterocycles. The van der Waals surface area contributed by atoms with Gasteiger partial charge in [0.05, 0.1) is 12.5 Å². The van der Waals surface area contributed by atoms with Gasteiger partial charge in [0.1, 0.15) is 5.82 Å². The van der Waals surface area contributed by atoms with Crippen LogP contribution in [0.15, 0.2) is 54.6 Å². The number of hydrogen-bond donors (Lipinski definition) is 2. The maximum absolute atomic E-state index is 13.1. The van der Waals surface area contributed by atoms with Gasteiger partial charge >= 0.3 is 0 Å². The molecule has 4 nitrogen and oxygen atoms in total. The van der Waals surface area contributed by atoms with Crippen LogP contribution in [0.1, 0.15) is 24.9 Å². The van der Waals surface area contributed by atoms with E-state index in [-0.39, 0.29) is 18.2 Å². The Morgan fingerprint density at radius 1 is 1.09 bits per heavy atom. The molecule has 0 bridgehead atoms. The fraction of sp³-hybridized carbons (Fsp3) is 0.176. The van der Waals surface area contributed by atoms with Gasteiger partial charge in [-0.2, -0.15) is 0 Å². The highest BCUT2D eigenvalue weighted by molar-refractivity contribution is 5.91. The minimum atomic E-state index is -0.424. The highest BCUT2D eigenvalue weighted by atomic mass is 19.1. The highest BCUT2D eigenvalue weighted by Gasteiger charge is 2.17. The molecule has 0 spiro atoms. The molecule has 0 saturated heterocycles. The summed E-state index contributed by atoms with van der Waals surface area (Å²) in [6.45, 7) is 1.40. The maximum atomic E-state index is 13.1. The molecule has 2 aromatic carbocycles. The van der Waals surface area contributed by atoms with Crippen LogP contribution in [-0.4, -0.2) is 11.8 Å². The van der Waals surface area contributed by atoms with Crippen LogP contribution in [0.2, 0.25) is 0 Å². The van der Waals surface area contributed by atoms with Crippen LogP contribution in [0.5, 0.6) is 0 Å². The highest BCUT2D eigenvalue weighted by Crippen LogP contribution is 2.18. The number of amides is 2. The van der Waals surface area contributed by atoms with Gasteiger partial charge in [-0.3, -0.25) is 9.59 Å². The van der Waals surface area contributed by atoms with Crippen molar-refractivity contribution in [2.45, 2.75) is 19.4 Å². The van der Waals surface area contributed by atoms with Crippen LogP contribution in [0, 0.1) is 5.82 Å². The largest absolute Gasteiger partial charge is 0.349 e. The Labute approximate surface area is 128 Å². The van der Waals surface area contributed by atoms with Gasteiger partial charge in [-0.15, -0.1) is 0 Å². The summed E-state index contributed by atoms with van der Waals surface area (Å²) >= 11 is 0. The molecule has 0 aliphatic heterocycles. The number of anilines is 1. The molecule has 5 heteroatoms. The van der Waals surface area contributed by atoms with Crippen LogP contribution >= 0.6 is 0 Å². The van der Waals surface area contributed by atoms with Crippen molar-refractivity contribution in [3.63, 3.8) is 0 Å². The van der Waals surface area contributed by atoms with Gasteiger partial charge in [-0.1, -0.05) is 36.4 Å². The van der Waals surface area contributed by atoms with E-state index in [9.17, 15) is 14.0 Å². The van der Waals surface area contributed by atoms with E-state index in [1.807, 2.05) is 30.3 Å². The van der Waals surface area contributed by atoms with Crippen LogP contribution in [0.4, 0.5) is 10.1 Å². The molecule has 2 rings (SSSR count). The second-order valence-electron chi connectivity index (χ2n) is 4.93. The van der Waals surface area contributed by atoms with Crippen molar-refractivity contribution < 1.29 is 14.0 Å². The van der Waals surface area contributed by atoms with Gasteiger partial charge in [-0.25, -0.2) is 4.39 Å². The number of halogens is 1. The van der Waals surface area contributed by atoms with Gasteiger partial charge < -0.3 is 10.6 Å². The summed E-state index contributed by atoms with van der Waals surface area (Å²) in [6, 6.07) is 14.5. The number of benzene rings is 2. The van der Waals surface area contributed by atoms with Crippen molar-refractivity contribution in [3.05, 3.63) is 66.0 Å². The second-order valence-corrected chi connectivity index (χ2v) is 4.93. The monoisotopic (exact) mass is 300 g/mol. The normalized spacial score (nSPS) is 11.5. The molecule has 0 aliphatic rings. The van der Waals surface area contributed by atoms with Crippen molar-refractivity contribution in [3.8, 4) is 0 Å². The third-order valence-electron chi connectivity index (χ3n) is 3.08. The van der Waals surface area contributed by atoms with Gasteiger partial charge in [0, 0.05) is 12.6 Å². The Bertz CT molecular complexity index is 659.